The molecule has 0 aromatic heterocycles. The van der Waals surface area contributed by atoms with Gasteiger partial charge in [0.15, 0.2) is 0 Å². The van der Waals surface area contributed by atoms with E-state index in [-0.39, 0.29) is 6.10 Å². The summed E-state index contributed by atoms with van der Waals surface area (Å²) in [7, 11) is 1.67. The summed E-state index contributed by atoms with van der Waals surface area (Å²) in [5, 5.41) is 0. The topological polar surface area (TPSA) is 31.0 Å². The second-order valence-electron chi connectivity index (χ2n) is 2.55. The Morgan fingerprint density at radius 3 is 2.90 bits per heavy atom. The molecule has 1 aliphatic heterocycles. The van der Waals surface area contributed by atoms with E-state index in [1.54, 1.807) is 7.11 Å². The summed E-state index contributed by atoms with van der Waals surface area (Å²) in [6.07, 6.45) is 0.550. The van der Waals surface area contributed by atoms with Crippen molar-refractivity contribution in [1.29, 1.82) is 0 Å². The quantitative estimate of drug-likeness (QED) is 0.527. The van der Waals surface area contributed by atoms with Gasteiger partial charge in [0.1, 0.15) is 6.10 Å². The maximum absolute atomic E-state index is 5.36. The Kier molecular flexibility index (Phi) is 3.12. The molecule has 0 amide bonds. The first-order valence-corrected chi connectivity index (χ1v) is 3.55. The highest BCUT2D eigenvalue weighted by atomic mass is 16.6. The summed E-state index contributed by atoms with van der Waals surface area (Å²) in [6.45, 7) is 4.23. The minimum atomic E-state index is 0.189. The number of rotatable bonds is 5. The van der Waals surface area contributed by atoms with Crippen molar-refractivity contribution in [2.75, 3.05) is 26.9 Å². The van der Waals surface area contributed by atoms with Gasteiger partial charge in [0.25, 0.3) is 0 Å². The zero-order valence-corrected chi connectivity index (χ0v) is 6.50. The molecule has 1 rings (SSSR count). The van der Waals surface area contributed by atoms with Crippen molar-refractivity contribution >= 4 is 0 Å². The maximum Gasteiger partial charge on any atom is 0.104 e. The van der Waals surface area contributed by atoms with Crippen molar-refractivity contribution in [3.8, 4) is 0 Å². The van der Waals surface area contributed by atoms with Crippen molar-refractivity contribution in [3.05, 3.63) is 0 Å². The van der Waals surface area contributed by atoms with E-state index in [1.165, 1.54) is 0 Å². The first-order chi connectivity index (χ1) is 4.83. The number of hydrogen-bond donors (Lipinski definition) is 0. The van der Waals surface area contributed by atoms with E-state index in [4.69, 9.17) is 14.2 Å². The molecule has 10 heavy (non-hydrogen) atoms. The molecule has 0 unspecified atom stereocenters. The van der Waals surface area contributed by atoms with Gasteiger partial charge in [-0.2, -0.15) is 0 Å². The van der Waals surface area contributed by atoms with Crippen LogP contribution >= 0.6 is 0 Å². The van der Waals surface area contributed by atoms with Crippen LogP contribution in [-0.4, -0.2) is 39.1 Å². The van der Waals surface area contributed by atoms with E-state index < -0.39 is 0 Å². The summed E-state index contributed by atoms with van der Waals surface area (Å²) in [5.41, 5.74) is 0. The lowest BCUT2D eigenvalue weighted by Crippen LogP contribution is -2.17. The van der Waals surface area contributed by atoms with Gasteiger partial charge >= 0.3 is 0 Å². The lowest BCUT2D eigenvalue weighted by molar-refractivity contribution is 0.00298. The highest BCUT2D eigenvalue weighted by molar-refractivity contribution is 4.67. The van der Waals surface area contributed by atoms with Crippen LogP contribution in [0.4, 0.5) is 0 Å². The molecule has 0 aromatic rings. The SMILES string of the molecule is COC[C@H](C)OC[C@@H]1CO1. The largest absolute Gasteiger partial charge is 0.382 e. The smallest absolute Gasteiger partial charge is 0.104 e. The van der Waals surface area contributed by atoms with Gasteiger partial charge in [-0.05, 0) is 6.92 Å². The van der Waals surface area contributed by atoms with Crippen LogP contribution in [0.5, 0.6) is 0 Å². The molecule has 1 fully saturated rings. The van der Waals surface area contributed by atoms with E-state index in [1.807, 2.05) is 6.92 Å². The molecule has 2 atom stereocenters. The van der Waals surface area contributed by atoms with Gasteiger partial charge in [-0.1, -0.05) is 0 Å². The normalized spacial score (nSPS) is 26.4. The van der Waals surface area contributed by atoms with Gasteiger partial charge in [-0.15, -0.1) is 0 Å². The monoisotopic (exact) mass is 146 g/mol. The molecule has 0 radical (unpaired) electrons. The Labute approximate surface area is 61.3 Å². The van der Waals surface area contributed by atoms with E-state index in [9.17, 15) is 0 Å². The first-order valence-electron chi connectivity index (χ1n) is 3.55. The lowest BCUT2D eigenvalue weighted by Gasteiger charge is -2.09. The van der Waals surface area contributed by atoms with Crippen molar-refractivity contribution < 1.29 is 14.2 Å². The van der Waals surface area contributed by atoms with Gasteiger partial charge in [0, 0.05) is 7.11 Å². The number of hydrogen-bond acceptors (Lipinski definition) is 3. The molecule has 0 spiro atoms. The van der Waals surface area contributed by atoms with Gasteiger partial charge < -0.3 is 14.2 Å². The third-order valence-electron chi connectivity index (χ3n) is 1.37. The molecule has 3 nitrogen and oxygen atoms in total. The van der Waals surface area contributed by atoms with Crippen LogP contribution in [0.25, 0.3) is 0 Å². The number of ether oxygens (including phenoxy) is 3. The zero-order chi connectivity index (χ0) is 7.40. The van der Waals surface area contributed by atoms with Crippen LogP contribution in [-0.2, 0) is 14.2 Å². The van der Waals surface area contributed by atoms with Crippen LogP contribution in [0.1, 0.15) is 6.92 Å². The summed E-state index contributed by atoms with van der Waals surface area (Å²) in [6, 6.07) is 0. The fourth-order valence-corrected chi connectivity index (χ4v) is 0.719. The molecule has 1 saturated heterocycles. The molecule has 0 bridgehead atoms. The van der Waals surface area contributed by atoms with E-state index >= 15 is 0 Å². The molecular weight excluding hydrogens is 132 g/mol. The van der Waals surface area contributed by atoms with Crippen molar-refractivity contribution in [2.24, 2.45) is 0 Å². The third-order valence-corrected chi connectivity index (χ3v) is 1.37. The van der Waals surface area contributed by atoms with Gasteiger partial charge in [-0.25, -0.2) is 0 Å². The molecule has 0 saturated carbocycles. The number of methoxy groups -OCH3 is 1. The number of epoxide rings is 1. The van der Waals surface area contributed by atoms with Gasteiger partial charge in [0.2, 0.25) is 0 Å². The average molecular weight is 146 g/mol. The van der Waals surface area contributed by atoms with E-state index in [0.717, 1.165) is 6.61 Å². The fourth-order valence-electron chi connectivity index (χ4n) is 0.719. The van der Waals surface area contributed by atoms with E-state index in [0.29, 0.717) is 19.3 Å². The minimum Gasteiger partial charge on any atom is -0.382 e. The second kappa shape index (κ2) is 3.91. The highest BCUT2D eigenvalue weighted by Gasteiger charge is 2.23. The van der Waals surface area contributed by atoms with Crippen molar-refractivity contribution in [3.63, 3.8) is 0 Å². The molecule has 0 N–H and O–H groups in total. The Balaban J connectivity index is 1.89. The van der Waals surface area contributed by atoms with E-state index in [2.05, 4.69) is 0 Å². The lowest BCUT2D eigenvalue weighted by atomic mass is 10.4. The summed E-state index contributed by atoms with van der Waals surface area (Å²) in [5.74, 6) is 0. The molecular formula is C7H14O3. The predicted molar refractivity (Wildman–Crippen MR) is 37.0 cm³/mol. The fraction of sp³-hybridized carbons (Fsp3) is 1.00. The predicted octanol–water partition coefficient (Wildman–Crippen LogP) is 0.437. The summed E-state index contributed by atoms with van der Waals surface area (Å²) < 4.78 is 15.2. The first kappa shape index (κ1) is 7.98. The maximum atomic E-state index is 5.36. The Hall–Kier alpha value is -0.120. The van der Waals surface area contributed by atoms with Crippen LogP contribution in [0.2, 0.25) is 0 Å². The Morgan fingerprint density at radius 1 is 1.70 bits per heavy atom. The Morgan fingerprint density at radius 2 is 2.40 bits per heavy atom. The van der Waals surface area contributed by atoms with Gasteiger partial charge in [0.05, 0.1) is 25.9 Å². The van der Waals surface area contributed by atoms with Crippen LogP contribution in [0.15, 0.2) is 0 Å². The standard InChI is InChI=1S/C7H14O3/c1-6(3-8-2)9-4-7-5-10-7/h6-7H,3-5H2,1-2H3/t6-,7+/m0/s1. The molecule has 3 heteroatoms. The summed E-state index contributed by atoms with van der Waals surface area (Å²) >= 11 is 0. The minimum absolute atomic E-state index is 0.189. The van der Waals surface area contributed by atoms with Crippen molar-refractivity contribution in [2.45, 2.75) is 19.1 Å². The van der Waals surface area contributed by atoms with Crippen molar-refractivity contribution in [1.82, 2.24) is 0 Å². The Bertz CT molecular complexity index is 90.9. The molecule has 0 aromatic carbocycles. The highest BCUT2D eigenvalue weighted by Crippen LogP contribution is 2.09. The molecule has 60 valence electrons. The molecule has 0 aliphatic carbocycles. The average Bonchev–Trinajstić information content (AvgIpc) is 2.67. The van der Waals surface area contributed by atoms with Crippen LogP contribution in [0.3, 0.4) is 0 Å². The second-order valence-corrected chi connectivity index (χ2v) is 2.55. The summed E-state index contributed by atoms with van der Waals surface area (Å²) in [4.78, 5) is 0. The molecule has 1 heterocycles. The third kappa shape index (κ3) is 3.15. The molecule has 1 aliphatic rings. The van der Waals surface area contributed by atoms with Gasteiger partial charge in [-0.3, -0.25) is 0 Å². The zero-order valence-electron chi connectivity index (χ0n) is 6.50. The van der Waals surface area contributed by atoms with Crippen LogP contribution < -0.4 is 0 Å². The van der Waals surface area contributed by atoms with Crippen LogP contribution in [0, 0.1) is 0 Å².